The fourth-order valence-electron chi connectivity index (χ4n) is 3.43. The van der Waals surface area contributed by atoms with Gasteiger partial charge in [-0.25, -0.2) is 17.6 Å². The van der Waals surface area contributed by atoms with Crippen LogP contribution in [0.3, 0.4) is 0 Å². The van der Waals surface area contributed by atoms with E-state index in [-0.39, 0.29) is 17.0 Å². The molecule has 2 aromatic rings. The molecule has 1 aliphatic rings. The van der Waals surface area contributed by atoms with Gasteiger partial charge >= 0.3 is 0 Å². The molecule has 0 N–H and O–H groups in total. The summed E-state index contributed by atoms with van der Waals surface area (Å²) >= 11 is 0. The molecule has 3 unspecified atom stereocenters. The summed E-state index contributed by atoms with van der Waals surface area (Å²) in [4.78, 5) is 0. The molecule has 1 fully saturated rings. The van der Waals surface area contributed by atoms with Crippen molar-refractivity contribution in [3.05, 3.63) is 59.2 Å². The maximum atomic E-state index is 14.3. The van der Waals surface area contributed by atoms with E-state index in [0.29, 0.717) is 24.0 Å². The summed E-state index contributed by atoms with van der Waals surface area (Å²) < 4.78 is 56.0. The second-order valence-corrected chi connectivity index (χ2v) is 6.73. The molecule has 0 amide bonds. The van der Waals surface area contributed by atoms with Crippen LogP contribution >= 0.6 is 0 Å². The zero-order valence-electron chi connectivity index (χ0n) is 13.7. The Labute approximate surface area is 139 Å². The highest BCUT2D eigenvalue weighted by Gasteiger charge is 2.38. The predicted molar refractivity (Wildman–Crippen MR) is 87.5 cm³/mol. The van der Waals surface area contributed by atoms with Gasteiger partial charge in [-0.2, -0.15) is 0 Å². The van der Waals surface area contributed by atoms with Crippen LogP contribution in [0.5, 0.6) is 0 Å². The molecular formula is C20H20F4. The molecule has 24 heavy (non-hydrogen) atoms. The number of aryl methyl sites for hydroxylation is 1. The van der Waals surface area contributed by atoms with Crippen molar-refractivity contribution in [1.29, 1.82) is 0 Å². The van der Waals surface area contributed by atoms with Gasteiger partial charge in [-0.1, -0.05) is 43.3 Å². The summed E-state index contributed by atoms with van der Waals surface area (Å²) in [6, 6.07) is 9.70. The summed E-state index contributed by atoms with van der Waals surface area (Å²) in [5.74, 6) is -2.49. The SMILES string of the molecule is Cc1ccc(-c2ccc(C3CCC(C)[C@H](F)C3F)cc2)c(F)c1F. The third kappa shape index (κ3) is 2.94. The van der Waals surface area contributed by atoms with E-state index in [1.807, 2.05) is 0 Å². The predicted octanol–water partition coefficient (Wildman–Crippen LogP) is 6.13. The summed E-state index contributed by atoms with van der Waals surface area (Å²) in [7, 11) is 0. The van der Waals surface area contributed by atoms with Gasteiger partial charge in [0.15, 0.2) is 11.6 Å². The average molecular weight is 336 g/mol. The van der Waals surface area contributed by atoms with Crippen LogP contribution in [0.15, 0.2) is 36.4 Å². The van der Waals surface area contributed by atoms with E-state index in [0.717, 1.165) is 0 Å². The molecule has 0 aromatic heterocycles. The molecule has 0 aliphatic heterocycles. The molecule has 0 spiro atoms. The Balaban J connectivity index is 1.88. The maximum absolute atomic E-state index is 14.3. The minimum Gasteiger partial charge on any atom is -0.244 e. The first kappa shape index (κ1) is 17.0. The molecular weight excluding hydrogens is 316 g/mol. The lowest BCUT2D eigenvalue weighted by Gasteiger charge is -2.33. The highest BCUT2D eigenvalue weighted by molar-refractivity contribution is 5.65. The Morgan fingerprint density at radius 1 is 0.833 bits per heavy atom. The van der Waals surface area contributed by atoms with E-state index in [4.69, 9.17) is 0 Å². The first-order valence-electron chi connectivity index (χ1n) is 8.23. The topological polar surface area (TPSA) is 0 Å². The Kier molecular flexibility index (Phi) is 4.66. The Hall–Kier alpha value is -1.84. The molecule has 1 aliphatic carbocycles. The average Bonchev–Trinajstić information content (AvgIpc) is 2.58. The molecule has 1 saturated carbocycles. The standard InChI is InChI=1S/C20H20F4/c1-11-3-9-15(19(23)17(11)21)13-5-7-14(8-6-13)16-10-4-12(2)18(22)20(16)24/h3,5-9,12,16,18,20H,4,10H2,1-2H3/t12?,16?,18-,20?/m0/s1. The lowest BCUT2D eigenvalue weighted by Crippen LogP contribution is -2.35. The largest absolute Gasteiger partial charge is 0.244 e. The van der Waals surface area contributed by atoms with Crippen molar-refractivity contribution in [3.8, 4) is 11.1 Å². The first-order chi connectivity index (χ1) is 11.4. The number of halogens is 4. The van der Waals surface area contributed by atoms with Crippen molar-refractivity contribution in [1.82, 2.24) is 0 Å². The van der Waals surface area contributed by atoms with Crippen LogP contribution in [0.25, 0.3) is 11.1 Å². The Bertz CT molecular complexity index is 723. The summed E-state index contributed by atoms with van der Waals surface area (Å²) in [6.07, 6.45) is -1.73. The lowest BCUT2D eigenvalue weighted by atomic mass is 9.76. The molecule has 0 nitrogen and oxygen atoms in total. The molecule has 4 atom stereocenters. The fourth-order valence-corrected chi connectivity index (χ4v) is 3.43. The van der Waals surface area contributed by atoms with Crippen molar-refractivity contribution < 1.29 is 17.6 Å². The molecule has 0 radical (unpaired) electrons. The van der Waals surface area contributed by atoms with Gasteiger partial charge in [0, 0.05) is 11.5 Å². The van der Waals surface area contributed by atoms with E-state index in [1.54, 1.807) is 31.2 Å². The number of hydrogen-bond acceptors (Lipinski definition) is 0. The number of hydrogen-bond donors (Lipinski definition) is 0. The van der Waals surface area contributed by atoms with E-state index < -0.39 is 29.9 Å². The van der Waals surface area contributed by atoms with Gasteiger partial charge in [0.2, 0.25) is 0 Å². The zero-order chi connectivity index (χ0) is 17.4. The van der Waals surface area contributed by atoms with Crippen LogP contribution in [0, 0.1) is 24.5 Å². The molecule has 0 saturated heterocycles. The van der Waals surface area contributed by atoms with Crippen LogP contribution in [0.1, 0.15) is 36.8 Å². The Morgan fingerprint density at radius 3 is 2.17 bits per heavy atom. The monoisotopic (exact) mass is 336 g/mol. The molecule has 3 rings (SSSR count). The number of rotatable bonds is 2. The molecule has 0 heterocycles. The van der Waals surface area contributed by atoms with Crippen molar-refractivity contribution in [2.45, 2.75) is 45.0 Å². The Morgan fingerprint density at radius 2 is 1.50 bits per heavy atom. The van der Waals surface area contributed by atoms with Crippen molar-refractivity contribution in [3.63, 3.8) is 0 Å². The van der Waals surface area contributed by atoms with Crippen LogP contribution in [-0.4, -0.2) is 12.3 Å². The first-order valence-corrected chi connectivity index (χ1v) is 8.23. The van der Waals surface area contributed by atoms with Crippen molar-refractivity contribution in [2.75, 3.05) is 0 Å². The second-order valence-electron chi connectivity index (χ2n) is 6.73. The second kappa shape index (κ2) is 6.58. The minimum absolute atomic E-state index is 0.169. The van der Waals surface area contributed by atoms with Gasteiger partial charge < -0.3 is 0 Å². The smallest absolute Gasteiger partial charge is 0.166 e. The van der Waals surface area contributed by atoms with Crippen molar-refractivity contribution in [2.24, 2.45) is 5.92 Å². The minimum atomic E-state index is -1.52. The summed E-state index contributed by atoms with van der Waals surface area (Å²) in [5, 5.41) is 0. The van der Waals surface area contributed by atoms with Gasteiger partial charge in [0.25, 0.3) is 0 Å². The molecule has 128 valence electrons. The van der Waals surface area contributed by atoms with Gasteiger partial charge in [0.1, 0.15) is 12.3 Å². The number of benzene rings is 2. The van der Waals surface area contributed by atoms with Crippen LogP contribution in [0.2, 0.25) is 0 Å². The lowest BCUT2D eigenvalue weighted by molar-refractivity contribution is 0.0573. The molecule has 2 aromatic carbocycles. The maximum Gasteiger partial charge on any atom is 0.166 e. The normalized spacial score (nSPS) is 27.2. The van der Waals surface area contributed by atoms with Gasteiger partial charge in [0.05, 0.1) is 0 Å². The summed E-state index contributed by atoms with van der Waals surface area (Å²) in [5.41, 5.74) is 1.64. The molecule has 4 heteroatoms. The van der Waals surface area contributed by atoms with E-state index in [1.165, 1.54) is 19.1 Å². The van der Waals surface area contributed by atoms with E-state index in [2.05, 4.69) is 0 Å². The zero-order valence-corrected chi connectivity index (χ0v) is 13.7. The van der Waals surface area contributed by atoms with Gasteiger partial charge in [-0.05, 0) is 42.4 Å². The van der Waals surface area contributed by atoms with Gasteiger partial charge in [-0.15, -0.1) is 0 Å². The fraction of sp³-hybridized carbons (Fsp3) is 0.400. The van der Waals surface area contributed by atoms with E-state index in [9.17, 15) is 17.6 Å². The van der Waals surface area contributed by atoms with E-state index >= 15 is 0 Å². The number of alkyl halides is 2. The van der Waals surface area contributed by atoms with Crippen molar-refractivity contribution >= 4 is 0 Å². The third-order valence-electron chi connectivity index (χ3n) is 5.09. The highest BCUT2D eigenvalue weighted by Crippen LogP contribution is 2.40. The quantitative estimate of drug-likeness (QED) is 0.579. The van der Waals surface area contributed by atoms with Crippen LogP contribution in [-0.2, 0) is 0 Å². The highest BCUT2D eigenvalue weighted by atomic mass is 19.2. The third-order valence-corrected chi connectivity index (χ3v) is 5.09. The molecule has 0 bridgehead atoms. The summed E-state index contributed by atoms with van der Waals surface area (Å²) in [6.45, 7) is 3.23. The van der Waals surface area contributed by atoms with Crippen LogP contribution in [0.4, 0.5) is 17.6 Å². The van der Waals surface area contributed by atoms with Crippen LogP contribution < -0.4 is 0 Å². The van der Waals surface area contributed by atoms with Gasteiger partial charge in [-0.3, -0.25) is 0 Å².